The third-order valence-corrected chi connectivity index (χ3v) is 5.36. The zero-order chi connectivity index (χ0) is 15.9. The van der Waals surface area contributed by atoms with Crippen LogP contribution in [0.15, 0.2) is 60.7 Å². The van der Waals surface area contributed by atoms with Gasteiger partial charge in [0.2, 0.25) is 0 Å². The van der Waals surface area contributed by atoms with Crippen LogP contribution in [0.2, 0.25) is 0 Å². The molecule has 3 heteroatoms. The van der Waals surface area contributed by atoms with E-state index in [2.05, 4.69) is 71.9 Å². The summed E-state index contributed by atoms with van der Waals surface area (Å²) in [5, 5.41) is 0. The van der Waals surface area contributed by atoms with Gasteiger partial charge in [0.15, 0.2) is 0 Å². The molecule has 1 aliphatic rings. The first kappa shape index (κ1) is 16.6. The Kier molecular flexibility index (Phi) is 6.14. The molecule has 0 bridgehead atoms. The molecular weight excluding hydrogens is 302 g/mol. The molecule has 0 aromatic heterocycles. The second-order valence-electron chi connectivity index (χ2n) is 5.89. The topological polar surface area (TPSA) is 12.5 Å². The van der Waals surface area contributed by atoms with Crippen LogP contribution in [0.25, 0.3) is 0 Å². The fourth-order valence-electron chi connectivity index (χ4n) is 3.09. The molecule has 1 saturated heterocycles. The van der Waals surface area contributed by atoms with Crippen LogP contribution in [0, 0.1) is 0 Å². The molecule has 1 fully saturated rings. The van der Waals surface area contributed by atoms with Crippen molar-refractivity contribution in [3.05, 3.63) is 71.8 Å². The first-order chi connectivity index (χ1) is 11.4. The van der Waals surface area contributed by atoms with Gasteiger partial charge in [0.1, 0.15) is 6.10 Å². The summed E-state index contributed by atoms with van der Waals surface area (Å²) in [6.45, 7) is 4.09. The van der Waals surface area contributed by atoms with Gasteiger partial charge in [0, 0.05) is 18.9 Å². The molecule has 3 rings (SSSR count). The summed E-state index contributed by atoms with van der Waals surface area (Å²) in [4.78, 5) is 0. The summed E-state index contributed by atoms with van der Waals surface area (Å²) >= 11 is 1.96. The summed E-state index contributed by atoms with van der Waals surface area (Å²) in [5.41, 5.74) is 2.61. The molecule has 1 aliphatic heterocycles. The van der Waals surface area contributed by atoms with E-state index < -0.39 is 0 Å². The van der Waals surface area contributed by atoms with Gasteiger partial charge in [-0.3, -0.25) is 0 Å². The number of rotatable bonds is 7. The fraction of sp³-hybridized carbons (Fsp3) is 0.400. The van der Waals surface area contributed by atoms with Crippen molar-refractivity contribution in [2.24, 2.45) is 0 Å². The van der Waals surface area contributed by atoms with Gasteiger partial charge in [0.05, 0.1) is 6.04 Å². The highest BCUT2D eigenvalue weighted by Gasteiger charge is 2.33. The van der Waals surface area contributed by atoms with E-state index in [1.807, 2.05) is 11.9 Å². The molecule has 2 unspecified atom stereocenters. The van der Waals surface area contributed by atoms with Gasteiger partial charge < -0.3 is 4.74 Å². The van der Waals surface area contributed by atoms with Crippen LogP contribution < -0.4 is 0 Å². The summed E-state index contributed by atoms with van der Waals surface area (Å²) in [6.07, 6.45) is 2.37. The van der Waals surface area contributed by atoms with Gasteiger partial charge in [-0.25, -0.2) is 4.31 Å². The third-order valence-electron chi connectivity index (χ3n) is 4.15. The summed E-state index contributed by atoms with van der Waals surface area (Å²) in [7, 11) is 0. The van der Waals surface area contributed by atoms with Gasteiger partial charge in [-0.15, -0.1) is 0 Å². The van der Waals surface area contributed by atoms with E-state index in [4.69, 9.17) is 4.74 Å². The first-order valence-electron chi connectivity index (χ1n) is 8.51. The predicted octanol–water partition coefficient (Wildman–Crippen LogP) is 5.25. The second-order valence-corrected chi connectivity index (χ2v) is 7.02. The highest BCUT2D eigenvalue weighted by atomic mass is 32.2. The Balaban J connectivity index is 1.96. The van der Waals surface area contributed by atoms with E-state index >= 15 is 0 Å². The van der Waals surface area contributed by atoms with E-state index in [-0.39, 0.29) is 12.1 Å². The Bertz CT molecular complexity index is 569. The van der Waals surface area contributed by atoms with Crippen LogP contribution in [0.1, 0.15) is 43.0 Å². The van der Waals surface area contributed by atoms with Crippen molar-refractivity contribution in [1.29, 1.82) is 0 Å². The minimum absolute atomic E-state index is 0.0733. The average Bonchev–Trinajstić information content (AvgIpc) is 3.14. The number of hydrogen-bond acceptors (Lipinski definition) is 3. The quantitative estimate of drug-likeness (QED) is 0.645. The normalized spacial score (nSPS) is 18.0. The molecule has 23 heavy (non-hydrogen) atoms. The second kappa shape index (κ2) is 8.53. The highest BCUT2D eigenvalue weighted by Crippen LogP contribution is 2.42. The van der Waals surface area contributed by atoms with Gasteiger partial charge >= 0.3 is 0 Å². The Morgan fingerprint density at radius 3 is 2.22 bits per heavy atom. The lowest BCUT2D eigenvalue weighted by atomic mass is 9.95. The minimum Gasteiger partial charge on any atom is -0.371 e. The monoisotopic (exact) mass is 327 g/mol. The molecule has 0 spiro atoms. The summed E-state index contributed by atoms with van der Waals surface area (Å²) in [6, 6.07) is 21.7. The maximum absolute atomic E-state index is 6.35. The number of hydrogen-bond donors (Lipinski definition) is 0. The lowest BCUT2D eigenvalue weighted by molar-refractivity contribution is 0.00741. The molecule has 122 valence electrons. The maximum Gasteiger partial charge on any atom is 0.103 e. The van der Waals surface area contributed by atoms with Crippen molar-refractivity contribution in [2.75, 3.05) is 18.9 Å². The molecule has 2 nitrogen and oxygen atoms in total. The molecular formula is C20H25NOS. The fourth-order valence-corrected chi connectivity index (χ4v) is 4.23. The van der Waals surface area contributed by atoms with Crippen LogP contribution in [0.4, 0.5) is 0 Å². The molecule has 2 atom stereocenters. The van der Waals surface area contributed by atoms with E-state index in [1.54, 1.807) is 0 Å². The molecule has 0 N–H and O–H groups in total. The molecule has 2 aromatic rings. The standard InChI is InChI=1S/C20H25NOS/c1-2-15-22-20(18-12-7-4-8-13-18)19(21-14-9-16-23-21)17-10-5-3-6-11-17/h3-8,10-13,19-20H,2,9,14-16H2,1H3. The number of benzene rings is 2. The summed E-state index contributed by atoms with van der Waals surface area (Å²) in [5.74, 6) is 1.21. The number of nitrogens with zero attached hydrogens (tertiary/aromatic N) is 1. The van der Waals surface area contributed by atoms with Crippen molar-refractivity contribution in [3.63, 3.8) is 0 Å². The van der Waals surface area contributed by atoms with Gasteiger partial charge in [0.25, 0.3) is 0 Å². The van der Waals surface area contributed by atoms with E-state index in [1.165, 1.54) is 23.3 Å². The molecule has 0 radical (unpaired) electrons. The van der Waals surface area contributed by atoms with Crippen molar-refractivity contribution in [1.82, 2.24) is 4.31 Å². The first-order valence-corrected chi connectivity index (χ1v) is 9.45. The molecule has 1 heterocycles. The van der Waals surface area contributed by atoms with E-state index in [0.717, 1.165) is 19.6 Å². The minimum atomic E-state index is 0.0733. The molecule has 0 amide bonds. The zero-order valence-corrected chi connectivity index (χ0v) is 14.5. The van der Waals surface area contributed by atoms with Crippen LogP contribution in [0.3, 0.4) is 0 Å². The Hall–Kier alpha value is -1.29. The van der Waals surface area contributed by atoms with E-state index in [0.29, 0.717) is 0 Å². The third kappa shape index (κ3) is 4.17. The molecule has 2 aromatic carbocycles. The Morgan fingerprint density at radius 1 is 1.00 bits per heavy atom. The van der Waals surface area contributed by atoms with Gasteiger partial charge in [-0.1, -0.05) is 79.5 Å². The summed E-state index contributed by atoms with van der Waals surface area (Å²) < 4.78 is 8.87. The SMILES string of the molecule is CCCOC(c1ccccc1)C(c1ccccc1)N1CCCS1. The molecule has 0 aliphatic carbocycles. The number of ether oxygens (including phenoxy) is 1. The van der Waals surface area contributed by atoms with Gasteiger partial charge in [-0.2, -0.15) is 0 Å². The van der Waals surface area contributed by atoms with Crippen LogP contribution in [0.5, 0.6) is 0 Å². The van der Waals surface area contributed by atoms with Crippen LogP contribution >= 0.6 is 11.9 Å². The van der Waals surface area contributed by atoms with Crippen molar-refractivity contribution in [2.45, 2.75) is 31.9 Å². The maximum atomic E-state index is 6.35. The van der Waals surface area contributed by atoms with Gasteiger partial charge in [-0.05, 0) is 24.0 Å². The lowest BCUT2D eigenvalue weighted by Crippen LogP contribution is -2.27. The average molecular weight is 327 g/mol. The van der Waals surface area contributed by atoms with Crippen molar-refractivity contribution in [3.8, 4) is 0 Å². The van der Waals surface area contributed by atoms with Crippen molar-refractivity contribution < 1.29 is 4.74 Å². The Labute approximate surface area is 144 Å². The van der Waals surface area contributed by atoms with Crippen LogP contribution in [-0.2, 0) is 4.74 Å². The lowest BCUT2D eigenvalue weighted by Gasteiger charge is -2.34. The smallest absolute Gasteiger partial charge is 0.103 e. The predicted molar refractivity (Wildman–Crippen MR) is 98.4 cm³/mol. The molecule has 0 saturated carbocycles. The largest absolute Gasteiger partial charge is 0.371 e. The van der Waals surface area contributed by atoms with Crippen LogP contribution in [-0.4, -0.2) is 23.2 Å². The highest BCUT2D eigenvalue weighted by molar-refractivity contribution is 7.97. The van der Waals surface area contributed by atoms with Crippen molar-refractivity contribution >= 4 is 11.9 Å². The van der Waals surface area contributed by atoms with E-state index in [9.17, 15) is 0 Å². The Morgan fingerprint density at radius 2 is 1.65 bits per heavy atom. The zero-order valence-electron chi connectivity index (χ0n) is 13.7.